The lowest BCUT2D eigenvalue weighted by molar-refractivity contribution is -0.142. The quantitative estimate of drug-likeness (QED) is 0.919. The number of nitrogens with zero attached hydrogens (tertiary/aromatic N) is 2. The SMILES string of the molecule is C[C@@H]1CN(C(=O)c2ccc3ncsc3c2)C[C@H]1C(=O)O. The number of thiazole rings is 1. The molecule has 0 unspecified atom stereocenters. The average Bonchev–Trinajstić information content (AvgIpc) is 3.02. The highest BCUT2D eigenvalue weighted by atomic mass is 32.1. The van der Waals surface area contributed by atoms with Crippen LogP contribution in [-0.2, 0) is 4.79 Å². The van der Waals surface area contributed by atoms with Crippen molar-refractivity contribution in [3.8, 4) is 0 Å². The Labute approximate surface area is 119 Å². The summed E-state index contributed by atoms with van der Waals surface area (Å²) in [5.74, 6) is -1.41. The second kappa shape index (κ2) is 4.86. The molecule has 1 aromatic heterocycles. The van der Waals surface area contributed by atoms with Gasteiger partial charge in [-0.2, -0.15) is 0 Å². The van der Waals surface area contributed by atoms with Crippen LogP contribution < -0.4 is 0 Å². The van der Waals surface area contributed by atoms with Crippen LogP contribution in [0.5, 0.6) is 0 Å². The molecule has 0 spiro atoms. The van der Waals surface area contributed by atoms with Crippen LogP contribution in [0.1, 0.15) is 17.3 Å². The fourth-order valence-corrected chi connectivity index (χ4v) is 3.34. The summed E-state index contributed by atoms with van der Waals surface area (Å²) in [4.78, 5) is 29.4. The number of carboxylic acid groups (broad SMARTS) is 1. The molecule has 0 bridgehead atoms. The number of hydrogen-bond donors (Lipinski definition) is 1. The molecule has 2 heterocycles. The monoisotopic (exact) mass is 290 g/mol. The number of benzene rings is 1. The molecule has 3 rings (SSSR count). The van der Waals surface area contributed by atoms with Crippen LogP contribution in [-0.4, -0.2) is 40.0 Å². The van der Waals surface area contributed by atoms with E-state index in [1.54, 1.807) is 16.5 Å². The maximum atomic E-state index is 12.4. The molecule has 1 saturated heterocycles. The maximum absolute atomic E-state index is 12.4. The van der Waals surface area contributed by atoms with E-state index in [-0.39, 0.29) is 18.4 Å². The highest BCUT2D eigenvalue weighted by molar-refractivity contribution is 7.16. The molecule has 104 valence electrons. The third kappa shape index (κ3) is 2.16. The van der Waals surface area contributed by atoms with Gasteiger partial charge in [0, 0.05) is 18.7 Å². The summed E-state index contributed by atoms with van der Waals surface area (Å²) >= 11 is 1.49. The van der Waals surface area contributed by atoms with E-state index in [0.29, 0.717) is 12.1 Å². The Kier molecular flexibility index (Phi) is 3.17. The highest BCUT2D eigenvalue weighted by Crippen LogP contribution is 2.26. The van der Waals surface area contributed by atoms with Crippen LogP contribution in [0.25, 0.3) is 10.2 Å². The van der Waals surface area contributed by atoms with Crippen molar-refractivity contribution in [1.29, 1.82) is 0 Å². The van der Waals surface area contributed by atoms with Crippen molar-refractivity contribution in [3.63, 3.8) is 0 Å². The molecule has 0 radical (unpaired) electrons. The molecule has 1 aliphatic heterocycles. The van der Waals surface area contributed by atoms with Gasteiger partial charge in [-0.25, -0.2) is 4.98 Å². The maximum Gasteiger partial charge on any atom is 0.308 e. The lowest BCUT2D eigenvalue weighted by atomic mass is 9.99. The summed E-state index contributed by atoms with van der Waals surface area (Å²) < 4.78 is 0.970. The van der Waals surface area contributed by atoms with Gasteiger partial charge in [0.2, 0.25) is 0 Å². The molecule has 20 heavy (non-hydrogen) atoms. The van der Waals surface area contributed by atoms with E-state index in [4.69, 9.17) is 5.11 Å². The van der Waals surface area contributed by atoms with Gasteiger partial charge in [0.15, 0.2) is 0 Å². The smallest absolute Gasteiger partial charge is 0.308 e. The standard InChI is InChI=1S/C14H14N2O3S/c1-8-5-16(6-10(8)14(18)19)13(17)9-2-3-11-12(4-9)20-7-15-11/h2-4,7-8,10H,5-6H2,1H3,(H,18,19)/t8-,10-/m1/s1. The van der Waals surface area contributed by atoms with Crippen molar-refractivity contribution < 1.29 is 14.7 Å². The summed E-state index contributed by atoms with van der Waals surface area (Å²) in [5.41, 5.74) is 3.22. The topological polar surface area (TPSA) is 70.5 Å². The summed E-state index contributed by atoms with van der Waals surface area (Å²) in [6.45, 7) is 2.66. The van der Waals surface area contributed by atoms with Crippen molar-refractivity contribution in [2.45, 2.75) is 6.92 Å². The molecule has 2 atom stereocenters. The summed E-state index contributed by atoms with van der Waals surface area (Å²) in [6, 6.07) is 5.41. The normalized spacial score (nSPS) is 22.4. The number of carboxylic acids is 1. The van der Waals surface area contributed by atoms with E-state index < -0.39 is 11.9 Å². The minimum Gasteiger partial charge on any atom is -0.481 e. The molecule has 0 aliphatic carbocycles. The summed E-state index contributed by atoms with van der Waals surface area (Å²) in [5, 5.41) is 9.12. The van der Waals surface area contributed by atoms with E-state index in [2.05, 4.69) is 4.98 Å². The summed E-state index contributed by atoms with van der Waals surface area (Å²) in [6.07, 6.45) is 0. The highest BCUT2D eigenvalue weighted by Gasteiger charge is 2.37. The lowest BCUT2D eigenvalue weighted by Crippen LogP contribution is -2.29. The first-order valence-electron chi connectivity index (χ1n) is 6.41. The molecule has 1 amide bonds. The van der Waals surface area contributed by atoms with Gasteiger partial charge in [-0.1, -0.05) is 6.92 Å². The number of carbonyl (C=O) groups excluding carboxylic acids is 1. The number of aromatic nitrogens is 1. The Morgan fingerprint density at radius 2 is 2.20 bits per heavy atom. The van der Waals surface area contributed by atoms with Gasteiger partial charge >= 0.3 is 5.97 Å². The Bertz CT molecular complexity index is 682. The largest absolute Gasteiger partial charge is 0.481 e. The second-order valence-corrected chi connectivity index (χ2v) is 6.05. The van der Waals surface area contributed by atoms with Crippen LogP contribution in [0, 0.1) is 11.8 Å². The van der Waals surface area contributed by atoms with Gasteiger partial charge in [0.25, 0.3) is 5.91 Å². The van der Waals surface area contributed by atoms with Crippen LogP contribution in [0.15, 0.2) is 23.7 Å². The molecule has 1 aliphatic rings. The molecule has 1 N–H and O–H groups in total. The van der Waals surface area contributed by atoms with Crippen molar-refractivity contribution in [2.24, 2.45) is 11.8 Å². The fourth-order valence-electron chi connectivity index (χ4n) is 2.62. The minimum absolute atomic E-state index is 0.0106. The Morgan fingerprint density at radius 3 is 2.90 bits per heavy atom. The van der Waals surface area contributed by atoms with Gasteiger partial charge in [-0.3, -0.25) is 9.59 Å². The third-order valence-corrected chi connectivity index (χ3v) is 4.59. The molecule has 1 aromatic carbocycles. The van der Waals surface area contributed by atoms with Gasteiger partial charge in [-0.05, 0) is 24.1 Å². The predicted molar refractivity (Wildman–Crippen MR) is 75.8 cm³/mol. The number of carbonyl (C=O) groups is 2. The van der Waals surface area contributed by atoms with Gasteiger partial charge < -0.3 is 10.0 Å². The Morgan fingerprint density at radius 1 is 1.40 bits per heavy atom. The molecule has 5 nitrogen and oxygen atoms in total. The van der Waals surface area contributed by atoms with Crippen molar-refractivity contribution >= 4 is 33.4 Å². The fraction of sp³-hybridized carbons (Fsp3) is 0.357. The average molecular weight is 290 g/mol. The molecular formula is C14H14N2O3S. The number of aliphatic carboxylic acids is 1. The van der Waals surface area contributed by atoms with E-state index in [0.717, 1.165) is 10.2 Å². The molecule has 1 fully saturated rings. The Balaban J connectivity index is 1.84. The molecule has 2 aromatic rings. The number of likely N-dealkylation sites (tertiary alicyclic amines) is 1. The first kappa shape index (κ1) is 13.1. The minimum atomic E-state index is -0.828. The first-order chi connectivity index (χ1) is 9.56. The van der Waals surface area contributed by atoms with Crippen molar-refractivity contribution in [2.75, 3.05) is 13.1 Å². The van der Waals surface area contributed by atoms with Gasteiger partial charge in [0.1, 0.15) is 0 Å². The Hall–Kier alpha value is -1.95. The van der Waals surface area contributed by atoms with E-state index in [9.17, 15) is 9.59 Å². The number of fused-ring (bicyclic) bond motifs is 1. The molecule has 0 saturated carbocycles. The van der Waals surface area contributed by atoms with Crippen molar-refractivity contribution in [1.82, 2.24) is 9.88 Å². The lowest BCUT2D eigenvalue weighted by Gasteiger charge is -2.15. The predicted octanol–water partition coefficient (Wildman–Crippen LogP) is 2.09. The van der Waals surface area contributed by atoms with Crippen LogP contribution in [0.4, 0.5) is 0 Å². The molecular weight excluding hydrogens is 276 g/mol. The number of amides is 1. The van der Waals surface area contributed by atoms with Crippen molar-refractivity contribution in [3.05, 3.63) is 29.3 Å². The molecule has 6 heteroatoms. The van der Waals surface area contributed by atoms with Crippen LogP contribution in [0.3, 0.4) is 0 Å². The van der Waals surface area contributed by atoms with Crippen LogP contribution >= 0.6 is 11.3 Å². The van der Waals surface area contributed by atoms with Crippen LogP contribution in [0.2, 0.25) is 0 Å². The zero-order chi connectivity index (χ0) is 14.3. The zero-order valence-corrected chi connectivity index (χ0v) is 11.8. The second-order valence-electron chi connectivity index (χ2n) is 5.17. The third-order valence-electron chi connectivity index (χ3n) is 3.79. The summed E-state index contributed by atoms with van der Waals surface area (Å²) in [7, 11) is 0. The van der Waals surface area contributed by atoms with E-state index in [1.807, 2.05) is 19.1 Å². The van der Waals surface area contributed by atoms with E-state index in [1.165, 1.54) is 11.3 Å². The van der Waals surface area contributed by atoms with E-state index >= 15 is 0 Å². The number of hydrogen-bond acceptors (Lipinski definition) is 4. The first-order valence-corrected chi connectivity index (χ1v) is 7.29. The van der Waals surface area contributed by atoms with Gasteiger partial charge in [0.05, 0.1) is 21.6 Å². The zero-order valence-electron chi connectivity index (χ0n) is 10.9. The van der Waals surface area contributed by atoms with Gasteiger partial charge in [-0.15, -0.1) is 11.3 Å². The number of rotatable bonds is 2.